The van der Waals surface area contributed by atoms with Crippen molar-refractivity contribution in [3.8, 4) is 0 Å². The van der Waals surface area contributed by atoms with Gasteiger partial charge in [0.05, 0.1) is 6.04 Å². The highest BCUT2D eigenvalue weighted by Crippen LogP contribution is 2.34. The third kappa shape index (κ3) is 2.29. The Kier molecular flexibility index (Phi) is 3.60. The molecule has 1 amide bonds. The summed E-state index contributed by atoms with van der Waals surface area (Å²) in [4.78, 5) is 14.6. The Balaban J connectivity index is 1.57. The van der Waals surface area contributed by atoms with Gasteiger partial charge in [0.15, 0.2) is 0 Å². The Hall–Kier alpha value is -0.570. The van der Waals surface area contributed by atoms with Crippen LogP contribution in [0.4, 0.5) is 0 Å². The average molecular weight is 250 g/mol. The van der Waals surface area contributed by atoms with Crippen molar-refractivity contribution in [3.63, 3.8) is 0 Å². The van der Waals surface area contributed by atoms with Crippen molar-refractivity contribution in [2.45, 2.75) is 64.0 Å². The summed E-state index contributed by atoms with van der Waals surface area (Å²) in [6.07, 6.45) is 8.85. The molecule has 3 heteroatoms. The molecule has 4 unspecified atom stereocenters. The fraction of sp³-hybridized carbons (Fsp3) is 0.933. The number of carbonyl (C=O) groups excluding carboxylic acids is 1. The predicted molar refractivity (Wildman–Crippen MR) is 72.3 cm³/mol. The van der Waals surface area contributed by atoms with Gasteiger partial charge >= 0.3 is 0 Å². The number of amides is 1. The summed E-state index contributed by atoms with van der Waals surface area (Å²) in [7, 11) is 0. The van der Waals surface area contributed by atoms with Gasteiger partial charge in [-0.2, -0.15) is 0 Å². The van der Waals surface area contributed by atoms with Crippen molar-refractivity contribution in [2.24, 2.45) is 11.8 Å². The molecule has 3 rings (SSSR count). The highest BCUT2D eigenvalue weighted by Gasteiger charge is 2.40. The zero-order chi connectivity index (χ0) is 12.5. The Morgan fingerprint density at radius 1 is 1.28 bits per heavy atom. The zero-order valence-electron chi connectivity index (χ0n) is 11.5. The second-order valence-electron chi connectivity index (χ2n) is 6.45. The molecule has 3 fully saturated rings. The van der Waals surface area contributed by atoms with Crippen LogP contribution >= 0.6 is 0 Å². The second-order valence-corrected chi connectivity index (χ2v) is 6.45. The third-order valence-electron chi connectivity index (χ3n) is 5.34. The molecule has 3 nitrogen and oxygen atoms in total. The van der Waals surface area contributed by atoms with Crippen molar-refractivity contribution in [3.05, 3.63) is 0 Å². The number of hydrogen-bond donors (Lipinski definition) is 1. The van der Waals surface area contributed by atoms with E-state index in [1.807, 2.05) is 0 Å². The van der Waals surface area contributed by atoms with E-state index in [0.29, 0.717) is 11.9 Å². The minimum atomic E-state index is 0.133. The number of carbonyl (C=O) groups is 1. The van der Waals surface area contributed by atoms with Crippen LogP contribution in [0, 0.1) is 11.8 Å². The van der Waals surface area contributed by atoms with E-state index in [1.165, 1.54) is 38.5 Å². The lowest BCUT2D eigenvalue weighted by Gasteiger charge is -2.24. The molecule has 0 bridgehead atoms. The first-order chi connectivity index (χ1) is 8.78. The molecular weight excluding hydrogens is 224 g/mol. The Morgan fingerprint density at radius 2 is 2.11 bits per heavy atom. The van der Waals surface area contributed by atoms with Gasteiger partial charge in [-0.3, -0.25) is 4.79 Å². The summed E-state index contributed by atoms with van der Waals surface area (Å²) in [5.74, 6) is 1.91. The lowest BCUT2D eigenvalue weighted by Crippen LogP contribution is -2.44. The van der Waals surface area contributed by atoms with Crippen LogP contribution in [0.25, 0.3) is 0 Å². The number of rotatable bonds is 2. The molecule has 1 N–H and O–H groups in total. The SMILES string of the molecule is CCC1CCN(C(=O)C2CC3CCCCC3N2)C1. The predicted octanol–water partition coefficient (Wildman–Crippen LogP) is 2.17. The minimum Gasteiger partial charge on any atom is -0.341 e. The smallest absolute Gasteiger partial charge is 0.239 e. The van der Waals surface area contributed by atoms with Crippen molar-refractivity contribution in [1.82, 2.24) is 10.2 Å². The summed E-state index contributed by atoms with van der Waals surface area (Å²) in [6, 6.07) is 0.769. The normalized spacial score (nSPS) is 39.9. The standard InChI is InChI=1S/C15H26N2O/c1-2-11-7-8-17(10-11)15(18)14-9-12-5-3-4-6-13(12)16-14/h11-14,16H,2-10H2,1H3. The number of fused-ring (bicyclic) bond motifs is 1. The topological polar surface area (TPSA) is 32.3 Å². The van der Waals surface area contributed by atoms with Gasteiger partial charge < -0.3 is 10.2 Å². The number of likely N-dealkylation sites (tertiary alicyclic amines) is 1. The molecule has 0 aromatic rings. The minimum absolute atomic E-state index is 0.133. The van der Waals surface area contributed by atoms with Crippen LogP contribution in [0.15, 0.2) is 0 Å². The third-order valence-corrected chi connectivity index (χ3v) is 5.34. The maximum absolute atomic E-state index is 12.5. The van der Waals surface area contributed by atoms with Gasteiger partial charge in [-0.1, -0.05) is 26.2 Å². The van der Waals surface area contributed by atoms with E-state index >= 15 is 0 Å². The van der Waals surface area contributed by atoms with E-state index in [4.69, 9.17) is 0 Å². The van der Waals surface area contributed by atoms with Crippen LogP contribution in [-0.2, 0) is 4.79 Å². The summed E-state index contributed by atoms with van der Waals surface area (Å²) in [5.41, 5.74) is 0. The molecule has 0 spiro atoms. The Morgan fingerprint density at radius 3 is 2.83 bits per heavy atom. The first-order valence-electron chi connectivity index (χ1n) is 7.82. The summed E-state index contributed by atoms with van der Waals surface area (Å²) in [5, 5.41) is 3.61. The lowest BCUT2D eigenvalue weighted by atomic mass is 9.85. The van der Waals surface area contributed by atoms with Crippen LogP contribution in [0.2, 0.25) is 0 Å². The van der Waals surface area contributed by atoms with Gasteiger partial charge in [-0.05, 0) is 37.5 Å². The monoisotopic (exact) mass is 250 g/mol. The quantitative estimate of drug-likeness (QED) is 0.814. The van der Waals surface area contributed by atoms with Crippen molar-refractivity contribution < 1.29 is 4.79 Å². The largest absolute Gasteiger partial charge is 0.341 e. The van der Waals surface area contributed by atoms with E-state index in [-0.39, 0.29) is 6.04 Å². The number of hydrogen-bond acceptors (Lipinski definition) is 2. The maximum Gasteiger partial charge on any atom is 0.239 e. The van der Waals surface area contributed by atoms with E-state index in [0.717, 1.165) is 31.3 Å². The number of nitrogens with one attached hydrogen (secondary N) is 1. The van der Waals surface area contributed by atoms with Crippen molar-refractivity contribution in [2.75, 3.05) is 13.1 Å². The zero-order valence-corrected chi connectivity index (χ0v) is 11.5. The summed E-state index contributed by atoms with van der Waals surface area (Å²) < 4.78 is 0. The van der Waals surface area contributed by atoms with Gasteiger partial charge in [0.1, 0.15) is 0 Å². The molecule has 1 aliphatic carbocycles. The average Bonchev–Trinajstić information content (AvgIpc) is 3.04. The van der Waals surface area contributed by atoms with Crippen LogP contribution in [0.3, 0.4) is 0 Å². The first-order valence-corrected chi connectivity index (χ1v) is 7.82. The Labute approximate surface area is 110 Å². The molecule has 0 aromatic heterocycles. The molecular formula is C15H26N2O. The molecule has 0 aromatic carbocycles. The summed E-state index contributed by atoms with van der Waals surface area (Å²) >= 11 is 0. The van der Waals surface area contributed by atoms with Crippen molar-refractivity contribution in [1.29, 1.82) is 0 Å². The maximum atomic E-state index is 12.5. The fourth-order valence-corrected chi connectivity index (χ4v) is 4.10. The molecule has 18 heavy (non-hydrogen) atoms. The fourth-order valence-electron chi connectivity index (χ4n) is 4.10. The first kappa shape index (κ1) is 12.5. The molecule has 3 aliphatic rings. The van der Waals surface area contributed by atoms with Crippen LogP contribution in [0.5, 0.6) is 0 Å². The second kappa shape index (κ2) is 5.20. The highest BCUT2D eigenvalue weighted by atomic mass is 16.2. The molecule has 2 aliphatic heterocycles. The van der Waals surface area contributed by atoms with Crippen LogP contribution < -0.4 is 5.32 Å². The molecule has 0 radical (unpaired) electrons. The van der Waals surface area contributed by atoms with E-state index < -0.39 is 0 Å². The molecule has 1 saturated carbocycles. The molecule has 2 heterocycles. The van der Waals surface area contributed by atoms with Gasteiger partial charge in [-0.15, -0.1) is 0 Å². The van der Waals surface area contributed by atoms with Gasteiger partial charge in [0.2, 0.25) is 5.91 Å². The number of nitrogens with zero attached hydrogens (tertiary/aromatic N) is 1. The van der Waals surface area contributed by atoms with E-state index in [2.05, 4.69) is 17.1 Å². The van der Waals surface area contributed by atoms with Crippen molar-refractivity contribution >= 4 is 5.91 Å². The molecule has 4 atom stereocenters. The lowest BCUT2D eigenvalue weighted by molar-refractivity contribution is -0.132. The van der Waals surface area contributed by atoms with Gasteiger partial charge in [-0.25, -0.2) is 0 Å². The Bertz CT molecular complexity index is 304. The van der Waals surface area contributed by atoms with E-state index in [1.54, 1.807) is 0 Å². The van der Waals surface area contributed by atoms with Crippen LogP contribution in [0.1, 0.15) is 51.9 Å². The van der Waals surface area contributed by atoms with Gasteiger partial charge in [0.25, 0.3) is 0 Å². The van der Waals surface area contributed by atoms with Crippen LogP contribution in [-0.4, -0.2) is 36.0 Å². The summed E-state index contributed by atoms with van der Waals surface area (Å²) in [6.45, 7) is 4.23. The van der Waals surface area contributed by atoms with Gasteiger partial charge in [0, 0.05) is 19.1 Å². The molecule has 2 saturated heterocycles. The van der Waals surface area contributed by atoms with E-state index in [9.17, 15) is 4.79 Å². The molecule has 102 valence electrons. The highest BCUT2D eigenvalue weighted by molar-refractivity contribution is 5.82.